The Balaban J connectivity index is 2.27. The number of nitrogen functional groups attached to an aromatic ring is 1. The summed E-state index contributed by atoms with van der Waals surface area (Å²) in [6.45, 7) is 2.04. The monoisotopic (exact) mass is 258 g/mol. The highest BCUT2D eigenvalue weighted by atomic mass is 32.2. The molecule has 1 amide bonds. The molecule has 0 spiro atoms. The highest BCUT2D eigenvalue weighted by Gasteiger charge is 2.07. The zero-order valence-electron chi connectivity index (χ0n) is 10.0. The largest absolute Gasteiger partial charge is 0.398 e. The van der Waals surface area contributed by atoms with Gasteiger partial charge in [-0.25, -0.2) is 0 Å². The Morgan fingerprint density at radius 2 is 1.67 bits per heavy atom. The van der Waals surface area contributed by atoms with Crippen molar-refractivity contribution in [3.05, 3.63) is 53.6 Å². The number of hydrogen-bond acceptors (Lipinski definition) is 3. The van der Waals surface area contributed by atoms with E-state index >= 15 is 0 Å². The molecule has 0 fully saturated rings. The number of hydrogen-bond donors (Lipinski definition) is 2. The average molecular weight is 258 g/mol. The van der Waals surface area contributed by atoms with Gasteiger partial charge in [-0.05, 0) is 37.3 Å². The molecular weight excluding hydrogens is 244 g/mol. The predicted octanol–water partition coefficient (Wildman–Crippen LogP) is 2.83. The summed E-state index contributed by atoms with van der Waals surface area (Å²) in [4.78, 5) is 13.3. The van der Waals surface area contributed by atoms with Crippen molar-refractivity contribution in [1.29, 1.82) is 0 Å². The third kappa shape index (κ3) is 2.84. The van der Waals surface area contributed by atoms with Crippen molar-refractivity contribution in [1.82, 2.24) is 0 Å². The van der Waals surface area contributed by atoms with E-state index in [1.165, 1.54) is 5.56 Å². The van der Waals surface area contributed by atoms with Gasteiger partial charge in [0.25, 0.3) is 5.91 Å². The van der Waals surface area contributed by atoms with E-state index in [1.54, 1.807) is 23.9 Å². The first-order valence-electron chi connectivity index (χ1n) is 5.50. The molecule has 0 aromatic heterocycles. The Morgan fingerprint density at radius 1 is 1.06 bits per heavy atom. The predicted molar refractivity (Wildman–Crippen MR) is 74.7 cm³/mol. The summed E-state index contributed by atoms with van der Waals surface area (Å²) in [6.07, 6.45) is 0. The lowest BCUT2D eigenvalue weighted by atomic mass is 10.2. The zero-order chi connectivity index (χ0) is 13.1. The number of anilines is 1. The molecule has 0 saturated heterocycles. The van der Waals surface area contributed by atoms with Crippen molar-refractivity contribution in [3.8, 4) is 0 Å². The lowest BCUT2D eigenvalue weighted by Crippen LogP contribution is -2.13. The fraction of sp³-hybridized carbons (Fsp3) is 0.0714. The van der Waals surface area contributed by atoms with Crippen molar-refractivity contribution in [2.45, 2.75) is 16.7 Å². The van der Waals surface area contributed by atoms with Crippen LogP contribution < -0.4 is 11.5 Å². The molecule has 92 valence electrons. The maximum Gasteiger partial charge on any atom is 0.250 e. The zero-order valence-corrected chi connectivity index (χ0v) is 10.8. The topological polar surface area (TPSA) is 69.1 Å². The number of benzene rings is 2. The fourth-order valence-corrected chi connectivity index (χ4v) is 2.41. The third-order valence-corrected chi connectivity index (χ3v) is 3.54. The molecule has 0 radical (unpaired) electrons. The van der Waals surface area contributed by atoms with E-state index < -0.39 is 5.91 Å². The van der Waals surface area contributed by atoms with E-state index in [0.29, 0.717) is 11.3 Å². The van der Waals surface area contributed by atoms with Gasteiger partial charge in [0.1, 0.15) is 0 Å². The second-order valence-electron chi connectivity index (χ2n) is 4.03. The molecule has 0 aliphatic carbocycles. The molecule has 0 unspecified atom stereocenters. The molecule has 3 nitrogen and oxygen atoms in total. The molecule has 0 heterocycles. The number of rotatable bonds is 3. The van der Waals surface area contributed by atoms with E-state index in [0.717, 1.165) is 9.79 Å². The molecule has 4 heteroatoms. The molecule has 18 heavy (non-hydrogen) atoms. The van der Waals surface area contributed by atoms with Gasteiger partial charge in [-0.15, -0.1) is 0 Å². The molecule has 2 rings (SSSR count). The van der Waals surface area contributed by atoms with Crippen molar-refractivity contribution in [2.24, 2.45) is 5.73 Å². The van der Waals surface area contributed by atoms with Crippen molar-refractivity contribution in [2.75, 3.05) is 5.73 Å². The van der Waals surface area contributed by atoms with Crippen LogP contribution in [0.4, 0.5) is 5.69 Å². The molecule has 0 atom stereocenters. The fourth-order valence-electron chi connectivity index (χ4n) is 1.55. The summed E-state index contributed by atoms with van der Waals surface area (Å²) < 4.78 is 0. The van der Waals surface area contributed by atoms with Crippen molar-refractivity contribution < 1.29 is 4.79 Å². The van der Waals surface area contributed by atoms with E-state index in [4.69, 9.17) is 11.5 Å². The van der Waals surface area contributed by atoms with Crippen LogP contribution in [0.25, 0.3) is 0 Å². The smallest absolute Gasteiger partial charge is 0.250 e. The van der Waals surface area contributed by atoms with Gasteiger partial charge < -0.3 is 11.5 Å². The minimum Gasteiger partial charge on any atom is -0.398 e. The standard InChI is InChI=1S/C14H14N2OS/c1-9-2-4-10(5-3-9)18-11-6-7-13(15)12(8-11)14(16)17/h2-8H,15H2,1H3,(H2,16,17). The lowest BCUT2D eigenvalue weighted by Gasteiger charge is -2.06. The van der Waals surface area contributed by atoms with Gasteiger partial charge in [-0.2, -0.15) is 0 Å². The van der Waals surface area contributed by atoms with E-state index in [2.05, 4.69) is 12.1 Å². The van der Waals surface area contributed by atoms with Crippen LogP contribution in [0.3, 0.4) is 0 Å². The maximum absolute atomic E-state index is 11.2. The van der Waals surface area contributed by atoms with Crippen LogP contribution in [-0.4, -0.2) is 5.91 Å². The molecule has 0 aliphatic heterocycles. The van der Waals surface area contributed by atoms with Crippen molar-refractivity contribution in [3.63, 3.8) is 0 Å². The quantitative estimate of drug-likeness (QED) is 0.832. The van der Waals surface area contributed by atoms with Gasteiger partial charge in [0.05, 0.1) is 5.56 Å². The van der Waals surface area contributed by atoms with Crippen LogP contribution in [-0.2, 0) is 0 Å². The van der Waals surface area contributed by atoms with Gasteiger partial charge in [0.15, 0.2) is 0 Å². The van der Waals surface area contributed by atoms with Crippen LogP contribution in [0.1, 0.15) is 15.9 Å². The summed E-state index contributed by atoms with van der Waals surface area (Å²) in [5.74, 6) is -0.501. The second kappa shape index (κ2) is 5.14. The minimum atomic E-state index is -0.501. The Hall–Kier alpha value is -1.94. The molecule has 0 bridgehead atoms. The van der Waals surface area contributed by atoms with E-state index in [9.17, 15) is 4.79 Å². The second-order valence-corrected chi connectivity index (χ2v) is 5.18. The van der Waals surface area contributed by atoms with Crippen LogP contribution in [0, 0.1) is 6.92 Å². The van der Waals surface area contributed by atoms with Gasteiger partial charge >= 0.3 is 0 Å². The number of amides is 1. The minimum absolute atomic E-state index is 0.368. The van der Waals surface area contributed by atoms with Gasteiger partial charge in [0.2, 0.25) is 0 Å². The number of primary amides is 1. The van der Waals surface area contributed by atoms with Crippen molar-refractivity contribution >= 4 is 23.4 Å². The summed E-state index contributed by atoms with van der Waals surface area (Å²) in [6, 6.07) is 13.5. The first kappa shape index (κ1) is 12.5. The Kier molecular flexibility index (Phi) is 3.58. The third-order valence-electron chi connectivity index (χ3n) is 2.55. The van der Waals surface area contributed by atoms with E-state index in [-0.39, 0.29) is 0 Å². The molecule has 0 saturated carbocycles. The lowest BCUT2D eigenvalue weighted by molar-refractivity contribution is 0.100. The molecule has 4 N–H and O–H groups in total. The Morgan fingerprint density at radius 3 is 2.28 bits per heavy atom. The van der Waals surface area contributed by atoms with Crippen LogP contribution in [0.5, 0.6) is 0 Å². The summed E-state index contributed by atoms with van der Waals surface area (Å²) >= 11 is 1.57. The van der Waals surface area contributed by atoms with Crippen LogP contribution in [0.2, 0.25) is 0 Å². The number of aryl methyl sites for hydroxylation is 1. The Bertz CT molecular complexity index is 579. The van der Waals surface area contributed by atoms with Crippen LogP contribution >= 0.6 is 11.8 Å². The summed E-state index contributed by atoms with van der Waals surface area (Å²) in [5.41, 5.74) is 13.0. The first-order chi connectivity index (χ1) is 8.56. The van der Waals surface area contributed by atoms with Crippen LogP contribution in [0.15, 0.2) is 52.3 Å². The number of carbonyl (C=O) groups is 1. The molecule has 0 aliphatic rings. The van der Waals surface area contributed by atoms with Gasteiger partial charge in [0, 0.05) is 15.5 Å². The normalized spacial score (nSPS) is 10.3. The highest BCUT2D eigenvalue weighted by molar-refractivity contribution is 7.99. The summed E-state index contributed by atoms with van der Waals surface area (Å²) in [5, 5.41) is 0. The first-order valence-corrected chi connectivity index (χ1v) is 6.32. The summed E-state index contributed by atoms with van der Waals surface area (Å²) in [7, 11) is 0. The maximum atomic E-state index is 11.2. The highest BCUT2D eigenvalue weighted by Crippen LogP contribution is 2.29. The van der Waals surface area contributed by atoms with Gasteiger partial charge in [-0.3, -0.25) is 4.79 Å². The molecule has 2 aromatic rings. The Labute approximate surface area is 110 Å². The number of carbonyl (C=O) groups excluding carboxylic acids is 1. The molecule has 2 aromatic carbocycles. The SMILES string of the molecule is Cc1ccc(Sc2ccc(N)c(C(N)=O)c2)cc1. The van der Waals surface area contributed by atoms with Gasteiger partial charge in [-0.1, -0.05) is 29.5 Å². The molecular formula is C14H14N2OS. The average Bonchev–Trinajstić information content (AvgIpc) is 2.34. The number of nitrogens with two attached hydrogens (primary N) is 2. The van der Waals surface area contributed by atoms with E-state index in [1.807, 2.05) is 25.1 Å².